The van der Waals surface area contributed by atoms with Crippen molar-refractivity contribution in [3.8, 4) is 11.5 Å². The number of allylic oxidation sites excluding steroid dienone is 1. The number of non-ortho nitro benzene ring substituents is 1. The van der Waals surface area contributed by atoms with Gasteiger partial charge in [0.2, 0.25) is 0 Å². The molecule has 10 heteroatoms. The molecule has 0 spiro atoms. The minimum absolute atomic E-state index is 0.0246. The summed E-state index contributed by atoms with van der Waals surface area (Å²) in [6, 6.07) is 27.9. The topological polar surface area (TPSA) is 96.0 Å². The largest absolute Gasteiger partial charge is 0.497 e. The number of aryl methyl sites for hydroxylation is 1. The summed E-state index contributed by atoms with van der Waals surface area (Å²) in [4.78, 5) is 30.6. The minimum atomic E-state index is -0.429. The first-order valence-corrected chi connectivity index (χ1v) is 15.9. The number of methoxy groups -OCH3 is 1. The fourth-order valence-electron chi connectivity index (χ4n) is 5.89. The zero-order valence-electron chi connectivity index (χ0n) is 24.1. The molecule has 2 aliphatic rings. The molecule has 0 N–H and O–H groups in total. The molecular weight excluding hydrogens is 654 g/mol. The normalized spacial score (nSPS) is 15.5. The van der Waals surface area contributed by atoms with E-state index in [1.54, 1.807) is 19.2 Å². The highest BCUT2D eigenvalue weighted by Crippen LogP contribution is 2.41. The predicted molar refractivity (Wildman–Crippen MR) is 177 cm³/mol. The van der Waals surface area contributed by atoms with Crippen LogP contribution in [-0.2, 0) is 13.0 Å². The maximum atomic E-state index is 14.2. The summed E-state index contributed by atoms with van der Waals surface area (Å²) in [5, 5.41) is 11.0. The molecular formula is C35H26BrN3O5S. The van der Waals surface area contributed by atoms with Crippen molar-refractivity contribution in [3.05, 3.63) is 159 Å². The van der Waals surface area contributed by atoms with Crippen molar-refractivity contribution in [1.29, 1.82) is 0 Å². The zero-order valence-corrected chi connectivity index (χ0v) is 26.5. The van der Waals surface area contributed by atoms with Crippen molar-refractivity contribution in [2.75, 3.05) is 7.11 Å². The van der Waals surface area contributed by atoms with Crippen LogP contribution in [0.5, 0.6) is 11.5 Å². The summed E-state index contributed by atoms with van der Waals surface area (Å²) in [6.45, 7) is 0.214. The van der Waals surface area contributed by atoms with Crippen molar-refractivity contribution in [3.63, 3.8) is 0 Å². The van der Waals surface area contributed by atoms with Crippen LogP contribution in [0, 0.1) is 10.1 Å². The first-order chi connectivity index (χ1) is 21.9. The van der Waals surface area contributed by atoms with E-state index in [9.17, 15) is 14.9 Å². The van der Waals surface area contributed by atoms with Gasteiger partial charge in [0.1, 0.15) is 18.1 Å². The number of nitro benzene ring substituents is 1. The van der Waals surface area contributed by atoms with Gasteiger partial charge in [0, 0.05) is 27.7 Å². The molecule has 2 heterocycles. The highest BCUT2D eigenvalue weighted by molar-refractivity contribution is 9.10. The molecule has 8 nitrogen and oxygen atoms in total. The number of ether oxygens (including phenoxy) is 2. The Bertz CT molecular complexity index is 2170. The van der Waals surface area contributed by atoms with Crippen LogP contribution in [0.4, 0.5) is 5.69 Å². The summed E-state index contributed by atoms with van der Waals surface area (Å²) in [6.07, 6.45) is 3.54. The molecule has 45 heavy (non-hydrogen) atoms. The van der Waals surface area contributed by atoms with Crippen LogP contribution in [0.25, 0.3) is 11.8 Å². The van der Waals surface area contributed by atoms with Gasteiger partial charge in [0.15, 0.2) is 4.80 Å². The van der Waals surface area contributed by atoms with E-state index < -0.39 is 4.92 Å². The van der Waals surface area contributed by atoms with Crippen molar-refractivity contribution < 1.29 is 14.4 Å². The van der Waals surface area contributed by atoms with Crippen LogP contribution in [-0.4, -0.2) is 16.6 Å². The number of nitro groups is 1. The summed E-state index contributed by atoms with van der Waals surface area (Å²) in [7, 11) is 1.64. The summed E-state index contributed by atoms with van der Waals surface area (Å²) >= 11 is 4.92. The van der Waals surface area contributed by atoms with Gasteiger partial charge in [-0.2, -0.15) is 0 Å². The standard InChI is InChI=1S/C35H26BrN3O5S/c1-43-27-14-8-23(9-15-27)33-29-16-10-22-4-2-3-5-28(22)32(29)37-35-38(33)34(40)31(45-35)19-24-18-25(36)11-17-30(24)44-20-21-6-12-26(13-7-21)39(41)42/h2-9,11-15,17-19,33H,10,16,20H2,1H3/b31-19+/t33-/m0/s1. The van der Waals surface area contributed by atoms with E-state index >= 15 is 0 Å². The first kappa shape index (κ1) is 28.9. The molecule has 0 amide bonds. The van der Waals surface area contributed by atoms with Crippen LogP contribution < -0.4 is 24.4 Å². The van der Waals surface area contributed by atoms with E-state index in [2.05, 4.69) is 34.1 Å². The van der Waals surface area contributed by atoms with Gasteiger partial charge in [0.05, 0.1) is 28.3 Å². The number of thiazole rings is 1. The van der Waals surface area contributed by atoms with Crippen LogP contribution in [0.15, 0.2) is 111 Å². The predicted octanol–water partition coefficient (Wildman–Crippen LogP) is 6.58. The number of hydrogen-bond acceptors (Lipinski definition) is 7. The van der Waals surface area contributed by atoms with Gasteiger partial charge in [-0.3, -0.25) is 19.5 Å². The lowest BCUT2D eigenvalue weighted by Crippen LogP contribution is -2.38. The Labute approximate surface area is 270 Å². The van der Waals surface area contributed by atoms with Crippen LogP contribution in [0.2, 0.25) is 0 Å². The van der Waals surface area contributed by atoms with Crippen molar-refractivity contribution in [1.82, 2.24) is 4.57 Å². The Morgan fingerprint density at radius 1 is 1.04 bits per heavy atom. The molecule has 0 fully saturated rings. The lowest BCUT2D eigenvalue weighted by Gasteiger charge is -2.30. The fourth-order valence-corrected chi connectivity index (χ4v) is 7.26. The van der Waals surface area contributed by atoms with Gasteiger partial charge >= 0.3 is 0 Å². The highest BCUT2D eigenvalue weighted by Gasteiger charge is 2.32. The molecule has 0 bridgehead atoms. The third-order valence-corrected chi connectivity index (χ3v) is 9.58. The van der Waals surface area contributed by atoms with Crippen LogP contribution >= 0.6 is 27.3 Å². The molecule has 4 aromatic carbocycles. The average molecular weight is 681 g/mol. The number of aromatic nitrogens is 1. The van der Waals surface area contributed by atoms with E-state index in [0.29, 0.717) is 15.1 Å². The molecule has 5 aromatic rings. The Morgan fingerprint density at radius 2 is 1.82 bits per heavy atom. The Hall–Kier alpha value is -4.80. The molecule has 1 aromatic heterocycles. The smallest absolute Gasteiger partial charge is 0.271 e. The molecule has 0 saturated carbocycles. The molecule has 0 radical (unpaired) electrons. The SMILES string of the molecule is COc1ccc([C@H]2C3=C(N=c4s/c(=C/c5cc(Br)ccc5OCc5ccc([N+](=O)[O-])cc5)c(=O)n42)c2ccccc2CC3)cc1. The Balaban J connectivity index is 1.33. The molecule has 0 unspecified atom stereocenters. The van der Waals surface area contributed by atoms with Gasteiger partial charge in [0.25, 0.3) is 11.2 Å². The Morgan fingerprint density at radius 3 is 2.58 bits per heavy atom. The summed E-state index contributed by atoms with van der Waals surface area (Å²) in [5.74, 6) is 1.34. The molecule has 224 valence electrons. The first-order valence-electron chi connectivity index (χ1n) is 14.3. The van der Waals surface area contributed by atoms with Crippen molar-refractivity contribution in [2.24, 2.45) is 4.99 Å². The van der Waals surface area contributed by atoms with Crippen LogP contribution in [0.3, 0.4) is 0 Å². The van der Waals surface area contributed by atoms with E-state index in [1.807, 2.05) is 59.2 Å². The monoisotopic (exact) mass is 679 g/mol. The van der Waals surface area contributed by atoms with E-state index in [4.69, 9.17) is 14.5 Å². The third kappa shape index (κ3) is 5.51. The van der Waals surface area contributed by atoms with E-state index in [-0.39, 0.29) is 23.9 Å². The van der Waals surface area contributed by atoms with Gasteiger partial charge in [-0.1, -0.05) is 63.7 Å². The van der Waals surface area contributed by atoms with Crippen molar-refractivity contribution in [2.45, 2.75) is 25.5 Å². The molecule has 1 aliphatic heterocycles. The number of halogens is 1. The lowest BCUT2D eigenvalue weighted by atomic mass is 9.83. The summed E-state index contributed by atoms with van der Waals surface area (Å²) in [5.41, 5.74) is 6.88. The molecule has 1 atom stereocenters. The van der Waals surface area contributed by atoms with Gasteiger partial charge in [-0.25, -0.2) is 4.99 Å². The number of rotatable bonds is 7. The van der Waals surface area contributed by atoms with Gasteiger partial charge in [-0.15, -0.1) is 0 Å². The third-order valence-electron chi connectivity index (χ3n) is 8.10. The molecule has 1 aliphatic carbocycles. The number of fused-ring (bicyclic) bond motifs is 3. The minimum Gasteiger partial charge on any atom is -0.497 e. The second-order valence-electron chi connectivity index (χ2n) is 10.8. The molecule has 0 saturated heterocycles. The quantitative estimate of drug-likeness (QED) is 0.143. The van der Waals surface area contributed by atoms with E-state index in [1.165, 1.54) is 29.0 Å². The number of nitrogens with zero attached hydrogens (tertiary/aromatic N) is 3. The summed E-state index contributed by atoms with van der Waals surface area (Å²) < 4.78 is 14.8. The highest BCUT2D eigenvalue weighted by atomic mass is 79.9. The van der Waals surface area contributed by atoms with Gasteiger partial charge < -0.3 is 9.47 Å². The maximum Gasteiger partial charge on any atom is 0.271 e. The van der Waals surface area contributed by atoms with Crippen molar-refractivity contribution >= 4 is 44.7 Å². The van der Waals surface area contributed by atoms with Gasteiger partial charge in [-0.05, 0) is 83.6 Å². The fraction of sp³-hybridized carbons (Fsp3) is 0.143. The molecule has 7 rings (SSSR count). The second-order valence-corrected chi connectivity index (χ2v) is 12.7. The maximum absolute atomic E-state index is 14.2. The Kier molecular flexibility index (Phi) is 7.68. The zero-order chi connectivity index (χ0) is 31.1. The van der Waals surface area contributed by atoms with Crippen LogP contribution in [0.1, 0.15) is 40.3 Å². The number of benzene rings is 4. The lowest BCUT2D eigenvalue weighted by molar-refractivity contribution is -0.384. The van der Waals surface area contributed by atoms with E-state index in [0.717, 1.165) is 56.6 Å². The number of hydrogen-bond donors (Lipinski definition) is 0. The second kappa shape index (κ2) is 11.9. The average Bonchev–Trinajstić information content (AvgIpc) is 3.37.